The van der Waals surface area contributed by atoms with E-state index in [0.29, 0.717) is 5.92 Å². The van der Waals surface area contributed by atoms with Crippen molar-refractivity contribution >= 4 is 5.91 Å². The van der Waals surface area contributed by atoms with Crippen LogP contribution in [0.1, 0.15) is 19.3 Å². The molecular weight excluding hydrogens is 174 g/mol. The molecule has 14 heavy (non-hydrogen) atoms. The van der Waals surface area contributed by atoms with Crippen LogP contribution < -0.4 is 5.32 Å². The highest BCUT2D eigenvalue weighted by Gasteiger charge is 2.39. The van der Waals surface area contributed by atoms with Gasteiger partial charge in [-0.15, -0.1) is 0 Å². The standard InChI is InChI=1S/C12H15NO/c1-3-9-10(4-2)13-12(14)11(9)8-6-5-7-8/h3-4,8,11H,1-2,5-7H2,(H,13,14). The number of hydrogen-bond acceptors (Lipinski definition) is 1. The van der Waals surface area contributed by atoms with E-state index >= 15 is 0 Å². The second-order valence-corrected chi connectivity index (χ2v) is 3.94. The number of carbonyl (C=O) groups excluding carboxylic acids is 1. The fraction of sp³-hybridized carbons (Fsp3) is 0.417. The molecule has 1 saturated carbocycles. The molecule has 0 radical (unpaired) electrons. The summed E-state index contributed by atoms with van der Waals surface area (Å²) in [5, 5.41) is 2.86. The summed E-state index contributed by atoms with van der Waals surface area (Å²) in [4.78, 5) is 11.7. The van der Waals surface area contributed by atoms with Crippen molar-refractivity contribution in [1.29, 1.82) is 0 Å². The lowest BCUT2D eigenvalue weighted by molar-refractivity contribution is -0.124. The van der Waals surface area contributed by atoms with Crippen molar-refractivity contribution in [3.63, 3.8) is 0 Å². The smallest absolute Gasteiger partial charge is 0.232 e. The molecule has 0 aromatic heterocycles. The van der Waals surface area contributed by atoms with Gasteiger partial charge in [-0.2, -0.15) is 0 Å². The van der Waals surface area contributed by atoms with Gasteiger partial charge in [0.05, 0.1) is 5.92 Å². The molecule has 1 atom stereocenters. The van der Waals surface area contributed by atoms with E-state index < -0.39 is 0 Å². The lowest BCUT2D eigenvalue weighted by Crippen LogP contribution is -2.31. The van der Waals surface area contributed by atoms with Crippen molar-refractivity contribution < 1.29 is 4.79 Å². The highest BCUT2D eigenvalue weighted by molar-refractivity contribution is 5.89. The summed E-state index contributed by atoms with van der Waals surface area (Å²) in [6, 6.07) is 0. The maximum Gasteiger partial charge on any atom is 0.232 e. The first-order valence-corrected chi connectivity index (χ1v) is 5.08. The quantitative estimate of drug-likeness (QED) is 0.724. The Morgan fingerprint density at radius 3 is 2.43 bits per heavy atom. The topological polar surface area (TPSA) is 29.1 Å². The molecule has 1 aliphatic carbocycles. The predicted molar refractivity (Wildman–Crippen MR) is 56.4 cm³/mol. The highest BCUT2D eigenvalue weighted by Crippen LogP contribution is 2.40. The Bertz CT molecular complexity index is 323. The molecule has 0 aromatic rings. The van der Waals surface area contributed by atoms with E-state index in [-0.39, 0.29) is 11.8 Å². The summed E-state index contributed by atoms with van der Waals surface area (Å²) in [5.41, 5.74) is 1.89. The average Bonchev–Trinajstić information content (AvgIpc) is 2.41. The molecular formula is C12H15NO. The van der Waals surface area contributed by atoms with E-state index in [1.807, 2.05) is 0 Å². The third-order valence-electron chi connectivity index (χ3n) is 3.23. The van der Waals surface area contributed by atoms with E-state index in [0.717, 1.165) is 11.3 Å². The van der Waals surface area contributed by atoms with E-state index in [1.165, 1.54) is 19.3 Å². The lowest BCUT2D eigenvalue weighted by atomic mass is 9.73. The van der Waals surface area contributed by atoms with Gasteiger partial charge < -0.3 is 5.32 Å². The van der Waals surface area contributed by atoms with Gasteiger partial charge in [-0.3, -0.25) is 4.79 Å². The van der Waals surface area contributed by atoms with Gasteiger partial charge in [0, 0.05) is 5.70 Å². The van der Waals surface area contributed by atoms with Crippen molar-refractivity contribution in [3.05, 3.63) is 36.6 Å². The fourth-order valence-corrected chi connectivity index (χ4v) is 2.24. The molecule has 2 rings (SSSR count). The van der Waals surface area contributed by atoms with Crippen LogP contribution in [0.2, 0.25) is 0 Å². The zero-order chi connectivity index (χ0) is 10.1. The SMILES string of the molecule is C=CC1=C(C=C)C(C2CCC2)C(=O)N1. The molecule has 0 spiro atoms. The number of amides is 1. The lowest BCUT2D eigenvalue weighted by Gasteiger charge is -2.30. The van der Waals surface area contributed by atoms with Gasteiger partial charge in [-0.05, 0) is 30.4 Å². The summed E-state index contributed by atoms with van der Waals surface area (Å²) in [6.45, 7) is 7.46. The van der Waals surface area contributed by atoms with E-state index in [9.17, 15) is 4.79 Å². The van der Waals surface area contributed by atoms with E-state index in [1.54, 1.807) is 12.2 Å². The number of allylic oxidation sites excluding steroid dienone is 2. The molecule has 1 unspecified atom stereocenters. The molecule has 1 fully saturated rings. The van der Waals surface area contributed by atoms with Crippen molar-refractivity contribution in [2.24, 2.45) is 11.8 Å². The number of rotatable bonds is 3. The van der Waals surface area contributed by atoms with Crippen LogP contribution in [0.15, 0.2) is 36.6 Å². The summed E-state index contributed by atoms with van der Waals surface area (Å²) in [6.07, 6.45) is 7.08. The molecule has 2 nitrogen and oxygen atoms in total. The minimum atomic E-state index is 0.0363. The molecule has 0 bridgehead atoms. The Morgan fingerprint density at radius 1 is 1.29 bits per heavy atom. The summed E-state index contributed by atoms with van der Waals surface area (Å²) in [5.74, 6) is 0.689. The Morgan fingerprint density at radius 2 is 2.00 bits per heavy atom. The molecule has 0 aromatic carbocycles. The Kier molecular flexibility index (Phi) is 2.28. The van der Waals surface area contributed by atoms with Crippen molar-refractivity contribution in [1.82, 2.24) is 5.32 Å². The zero-order valence-corrected chi connectivity index (χ0v) is 8.25. The fourth-order valence-electron chi connectivity index (χ4n) is 2.24. The van der Waals surface area contributed by atoms with Gasteiger partial charge in [0.15, 0.2) is 0 Å². The zero-order valence-electron chi connectivity index (χ0n) is 8.25. The summed E-state index contributed by atoms with van der Waals surface area (Å²) >= 11 is 0. The number of hydrogen-bond donors (Lipinski definition) is 1. The van der Waals surface area contributed by atoms with Crippen LogP contribution in [0.4, 0.5) is 0 Å². The van der Waals surface area contributed by atoms with Crippen LogP contribution in [0.3, 0.4) is 0 Å². The van der Waals surface area contributed by atoms with Crippen molar-refractivity contribution in [2.75, 3.05) is 0 Å². The van der Waals surface area contributed by atoms with Crippen molar-refractivity contribution in [2.45, 2.75) is 19.3 Å². The first kappa shape index (κ1) is 9.25. The van der Waals surface area contributed by atoms with Gasteiger partial charge in [0.25, 0.3) is 0 Å². The molecule has 1 heterocycles. The highest BCUT2D eigenvalue weighted by atomic mass is 16.2. The van der Waals surface area contributed by atoms with Crippen LogP contribution in [0.25, 0.3) is 0 Å². The van der Waals surface area contributed by atoms with E-state index in [2.05, 4.69) is 18.5 Å². The summed E-state index contributed by atoms with van der Waals surface area (Å²) < 4.78 is 0. The van der Waals surface area contributed by atoms with Crippen LogP contribution in [-0.2, 0) is 4.79 Å². The Labute approximate surface area is 84.4 Å². The predicted octanol–water partition coefficient (Wildman–Crippen LogP) is 2.16. The molecule has 2 aliphatic rings. The van der Waals surface area contributed by atoms with Gasteiger partial charge >= 0.3 is 0 Å². The third-order valence-corrected chi connectivity index (χ3v) is 3.23. The van der Waals surface area contributed by atoms with Gasteiger partial charge in [0.2, 0.25) is 5.91 Å². The molecule has 74 valence electrons. The van der Waals surface area contributed by atoms with Crippen LogP contribution in [-0.4, -0.2) is 5.91 Å². The minimum absolute atomic E-state index is 0.0363. The maximum absolute atomic E-state index is 11.7. The number of nitrogens with one attached hydrogen (secondary N) is 1. The molecule has 2 heteroatoms. The minimum Gasteiger partial charge on any atom is -0.325 e. The second kappa shape index (κ2) is 3.45. The monoisotopic (exact) mass is 189 g/mol. The van der Waals surface area contributed by atoms with Crippen molar-refractivity contribution in [3.8, 4) is 0 Å². The second-order valence-electron chi connectivity index (χ2n) is 3.94. The number of carbonyl (C=O) groups is 1. The van der Waals surface area contributed by atoms with Gasteiger partial charge in [-0.1, -0.05) is 25.7 Å². The van der Waals surface area contributed by atoms with Gasteiger partial charge in [0.1, 0.15) is 0 Å². The van der Waals surface area contributed by atoms with Crippen LogP contribution >= 0.6 is 0 Å². The average molecular weight is 189 g/mol. The molecule has 1 aliphatic heterocycles. The first-order chi connectivity index (χ1) is 6.77. The normalized spacial score (nSPS) is 27.1. The third kappa shape index (κ3) is 1.22. The van der Waals surface area contributed by atoms with Crippen LogP contribution in [0.5, 0.6) is 0 Å². The molecule has 1 N–H and O–H groups in total. The first-order valence-electron chi connectivity index (χ1n) is 5.08. The maximum atomic E-state index is 11.7. The molecule has 0 saturated heterocycles. The summed E-state index contributed by atoms with van der Waals surface area (Å²) in [7, 11) is 0. The van der Waals surface area contributed by atoms with Gasteiger partial charge in [-0.25, -0.2) is 0 Å². The Hall–Kier alpha value is -1.31. The van der Waals surface area contributed by atoms with Crippen LogP contribution in [0, 0.1) is 11.8 Å². The van der Waals surface area contributed by atoms with E-state index in [4.69, 9.17) is 0 Å². The Balaban J connectivity index is 2.29. The molecule has 1 amide bonds. The largest absolute Gasteiger partial charge is 0.325 e.